The monoisotopic (exact) mass is 279 g/mol. The number of methoxy groups -OCH3 is 1. The molecule has 2 aromatic rings. The van der Waals surface area contributed by atoms with Crippen molar-refractivity contribution in [2.24, 2.45) is 0 Å². The molecule has 0 radical (unpaired) electrons. The number of hydrogen-bond donors (Lipinski definition) is 2. The average molecular weight is 279 g/mol. The Labute approximate surface area is 118 Å². The predicted molar refractivity (Wildman–Crippen MR) is 80.6 cm³/mol. The van der Waals surface area contributed by atoms with Crippen LogP contribution in [-0.2, 0) is 11.3 Å². The molecule has 0 saturated heterocycles. The quantitative estimate of drug-likeness (QED) is 0.819. The number of rotatable bonds is 7. The molecule has 0 aliphatic rings. The van der Waals surface area contributed by atoms with Gasteiger partial charge in [-0.2, -0.15) is 0 Å². The molecule has 2 rings (SSSR count). The Morgan fingerprint density at radius 1 is 1.37 bits per heavy atom. The molecule has 1 unspecified atom stereocenters. The normalized spacial score (nSPS) is 14.7. The molecule has 1 aromatic heterocycles. The standard InChI is InChI=1S/C15H21NO2S/c1-15(7-8-17,11-18-2)16-10-13-9-12-5-3-4-6-14(12)19-13/h3-6,9,16-17H,7-8,10-11H2,1-2H3. The second kappa shape index (κ2) is 6.48. The topological polar surface area (TPSA) is 41.5 Å². The van der Waals surface area contributed by atoms with Gasteiger partial charge in [-0.15, -0.1) is 11.3 Å². The summed E-state index contributed by atoms with van der Waals surface area (Å²) in [5.74, 6) is 0. The van der Waals surface area contributed by atoms with Crippen LogP contribution in [0, 0.1) is 0 Å². The highest BCUT2D eigenvalue weighted by molar-refractivity contribution is 7.19. The van der Waals surface area contributed by atoms with Gasteiger partial charge < -0.3 is 15.2 Å². The molecule has 4 heteroatoms. The van der Waals surface area contributed by atoms with Crippen molar-refractivity contribution in [3.05, 3.63) is 35.2 Å². The van der Waals surface area contributed by atoms with E-state index in [2.05, 4.69) is 42.6 Å². The summed E-state index contributed by atoms with van der Waals surface area (Å²) in [5.41, 5.74) is -0.181. The smallest absolute Gasteiger partial charge is 0.0642 e. The van der Waals surface area contributed by atoms with Gasteiger partial charge in [-0.3, -0.25) is 0 Å². The van der Waals surface area contributed by atoms with Crippen LogP contribution in [0.15, 0.2) is 30.3 Å². The van der Waals surface area contributed by atoms with Crippen LogP contribution in [0.3, 0.4) is 0 Å². The first-order valence-corrected chi connectivity index (χ1v) is 7.31. The van der Waals surface area contributed by atoms with Gasteiger partial charge in [0.15, 0.2) is 0 Å². The molecule has 0 amide bonds. The van der Waals surface area contributed by atoms with E-state index in [1.54, 1.807) is 7.11 Å². The largest absolute Gasteiger partial charge is 0.396 e. The van der Waals surface area contributed by atoms with Crippen LogP contribution in [0.4, 0.5) is 0 Å². The van der Waals surface area contributed by atoms with Crippen LogP contribution >= 0.6 is 11.3 Å². The van der Waals surface area contributed by atoms with Gasteiger partial charge in [-0.1, -0.05) is 18.2 Å². The van der Waals surface area contributed by atoms with Crippen molar-refractivity contribution in [3.8, 4) is 0 Å². The van der Waals surface area contributed by atoms with E-state index in [4.69, 9.17) is 9.84 Å². The van der Waals surface area contributed by atoms with Gasteiger partial charge in [0.25, 0.3) is 0 Å². The number of aliphatic hydroxyl groups is 1. The number of ether oxygens (including phenoxy) is 1. The minimum absolute atomic E-state index is 0.166. The van der Waals surface area contributed by atoms with Gasteiger partial charge >= 0.3 is 0 Å². The van der Waals surface area contributed by atoms with E-state index in [0.29, 0.717) is 13.0 Å². The molecule has 0 bridgehead atoms. The van der Waals surface area contributed by atoms with E-state index >= 15 is 0 Å². The van der Waals surface area contributed by atoms with Crippen molar-refractivity contribution in [2.75, 3.05) is 20.3 Å². The summed E-state index contributed by atoms with van der Waals surface area (Å²) in [7, 11) is 1.69. The summed E-state index contributed by atoms with van der Waals surface area (Å²) in [5, 5.41) is 13.9. The van der Waals surface area contributed by atoms with E-state index in [1.807, 2.05) is 11.3 Å². The maximum Gasteiger partial charge on any atom is 0.0642 e. The Morgan fingerprint density at radius 3 is 2.84 bits per heavy atom. The summed E-state index contributed by atoms with van der Waals surface area (Å²) in [6.45, 7) is 3.65. The van der Waals surface area contributed by atoms with Gasteiger partial charge in [0, 0.05) is 35.4 Å². The maximum atomic E-state index is 9.15. The molecule has 1 aromatic carbocycles. The highest BCUT2D eigenvalue weighted by Crippen LogP contribution is 2.25. The van der Waals surface area contributed by atoms with Crippen molar-refractivity contribution < 1.29 is 9.84 Å². The highest BCUT2D eigenvalue weighted by Gasteiger charge is 2.23. The number of thiophene rings is 1. The maximum absolute atomic E-state index is 9.15. The average Bonchev–Trinajstić information content (AvgIpc) is 2.80. The molecule has 3 nitrogen and oxygen atoms in total. The van der Waals surface area contributed by atoms with E-state index in [0.717, 1.165) is 6.54 Å². The van der Waals surface area contributed by atoms with Gasteiger partial charge in [0.1, 0.15) is 0 Å². The fourth-order valence-electron chi connectivity index (χ4n) is 2.20. The van der Waals surface area contributed by atoms with Gasteiger partial charge in [-0.25, -0.2) is 0 Å². The van der Waals surface area contributed by atoms with Crippen LogP contribution in [0.1, 0.15) is 18.2 Å². The zero-order chi connectivity index (χ0) is 13.7. The Balaban J connectivity index is 2.03. The lowest BCUT2D eigenvalue weighted by Crippen LogP contribution is -2.46. The fourth-order valence-corrected chi connectivity index (χ4v) is 3.21. The molecule has 0 aliphatic carbocycles. The number of fused-ring (bicyclic) bond motifs is 1. The first-order valence-electron chi connectivity index (χ1n) is 6.49. The second-order valence-electron chi connectivity index (χ2n) is 5.07. The van der Waals surface area contributed by atoms with Crippen molar-refractivity contribution in [3.63, 3.8) is 0 Å². The minimum Gasteiger partial charge on any atom is -0.396 e. The number of hydrogen-bond acceptors (Lipinski definition) is 4. The van der Waals surface area contributed by atoms with E-state index in [-0.39, 0.29) is 12.1 Å². The Hall–Kier alpha value is -0.940. The van der Waals surface area contributed by atoms with E-state index in [1.165, 1.54) is 15.0 Å². The second-order valence-corrected chi connectivity index (χ2v) is 6.24. The fraction of sp³-hybridized carbons (Fsp3) is 0.467. The Morgan fingerprint density at radius 2 is 2.16 bits per heavy atom. The molecule has 0 aliphatic heterocycles. The highest BCUT2D eigenvalue weighted by atomic mass is 32.1. The Bertz CT molecular complexity index is 485. The molecule has 104 valence electrons. The number of aliphatic hydroxyl groups excluding tert-OH is 1. The van der Waals surface area contributed by atoms with Crippen LogP contribution < -0.4 is 5.32 Å². The first-order chi connectivity index (χ1) is 9.17. The summed E-state index contributed by atoms with van der Waals surface area (Å²) in [6.07, 6.45) is 0.686. The van der Waals surface area contributed by atoms with Crippen molar-refractivity contribution in [1.29, 1.82) is 0 Å². The summed E-state index contributed by atoms with van der Waals surface area (Å²) >= 11 is 1.81. The molecule has 19 heavy (non-hydrogen) atoms. The van der Waals surface area contributed by atoms with Crippen LogP contribution in [0.5, 0.6) is 0 Å². The molecule has 1 atom stereocenters. The number of nitrogens with one attached hydrogen (secondary N) is 1. The molecular formula is C15H21NO2S. The third-order valence-electron chi connectivity index (χ3n) is 3.29. The summed E-state index contributed by atoms with van der Waals surface area (Å²) in [4.78, 5) is 1.31. The zero-order valence-corrected chi connectivity index (χ0v) is 12.3. The summed E-state index contributed by atoms with van der Waals surface area (Å²) < 4.78 is 6.55. The molecule has 0 fully saturated rings. The lowest BCUT2D eigenvalue weighted by molar-refractivity contribution is 0.0971. The summed E-state index contributed by atoms with van der Waals surface area (Å²) in [6, 6.07) is 10.6. The van der Waals surface area contributed by atoms with Gasteiger partial charge in [0.2, 0.25) is 0 Å². The lowest BCUT2D eigenvalue weighted by atomic mass is 9.99. The zero-order valence-electron chi connectivity index (χ0n) is 11.5. The van der Waals surface area contributed by atoms with Crippen molar-refractivity contribution in [2.45, 2.75) is 25.4 Å². The van der Waals surface area contributed by atoms with Crippen molar-refractivity contribution in [1.82, 2.24) is 5.32 Å². The predicted octanol–water partition coefficient (Wildman–Crippen LogP) is 2.78. The van der Waals surface area contributed by atoms with Gasteiger partial charge in [0.05, 0.1) is 6.61 Å². The third-order valence-corrected chi connectivity index (χ3v) is 4.41. The van der Waals surface area contributed by atoms with Gasteiger partial charge in [-0.05, 0) is 30.9 Å². The van der Waals surface area contributed by atoms with Crippen molar-refractivity contribution >= 4 is 21.4 Å². The number of benzene rings is 1. The van der Waals surface area contributed by atoms with Crippen LogP contribution in [0.25, 0.3) is 10.1 Å². The van der Waals surface area contributed by atoms with E-state index < -0.39 is 0 Å². The molecule has 0 spiro atoms. The lowest BCUT2D eigenvalue weighted by Gasteiger charge is -2.29. The van der Waals surface area contributed by atoms with Crippen LogP contribution in [0.2, 0.25) is 0 Å². The third kappa shape index (κ3) is 3.76. The molecule has 0 saturated carbocycles. The van der Waals surface area contributed by atoms with Crippen LogP contribution in [-0.4, -0.2) is 31.0 Å². The molecular weight excluding hydrogens is 258 g/mol. The Kier molecular flexibility index (Phi) is 4.93. The molecule has 2 N–H and O–H groups in total. The minimum atomic E-state index is -0.181. The molecule has 1 heterocycles. The first kappa shape index (κ1) is 14.5. The van der Waals surface area contributed by atoms with E-state index in [9.17, 15) is 0 Å². The SMILES string of the molecule is COCC(C)(CCO)NCc1cc2ccccc2s1.